The van der Waals surface area contributed by atoms with Crippen molar-refractivity contribution in [3.63, 3.8) is 0 Å². The zero-order valence-electron chi connectivity index (χ0n) is 32.5. The van der Waals surface area contributed by atoms with Gasteiger partial charge in [0.2, 0.25) is 0 Å². The van der Waals surface area contributed by atoms with E-state index in [-0.39, 0.29) is 46.4 Å². The Morgan fingerprint density at radius 1 is 0.153 bits per heavy atom. The molecular weight excluding hydrogens is 976 g/mol. The summed E-state index contributed by atoms with van der Waals surface area (Å²) >= 11 is 0. The number of hydrogen-bond acceptors (Lipinski definition) is 0. The first kappa shape index (κ1) is 45.8. The molecule has 0 bridgehead atoms. The summed E-state index contributed by atoms with van der Waals surface area (Å²) < 4.78 is 0. The summed E-state index contributed by atoms with van der Waals surface area (Å²) in [5.41, 5.74) is 0. The van der Waals surface area contributed by atoms with E-state index in [4.69, 9.17) is 0 Å². The first-order valence-electron chi connectivity index (χ1n) is 19.2. The Balaban J connectivity index is 0.000000165. The van der Waals surface area contributed by atoms with Crippen molar-refractivity contribution in [3.05, 3.63) is 273 Å². The Morgan fingerprint density at radius 3 is 0.322 bits per heavy atom. The third-order valence-corrected chi connectivity index (χ3v) is 16.5. The Bertz CT molecular complexity index is 1870. The van der Waals surface area contributed by atoms with Crippen molar-refractivity contribution in [2.45, 2.75) is 0 Å². The van der Waals surface area contributed by atoms with Crippen LogP contribution in [-0.2, 0) is 22.4 Å². The predicted octanol–water partition coefficient (Wildman–Crippen LogP) is 7.34. The summed E-state index contributed by atoms with van der Waals surface area (Å²) in [5, 5.41) is 12.6. The molecule has 0 N–H and O–H groups in total. The summed E-state index contributed by atoms with van der Waals surface area (Å²) in [5.74, 6) is 0. The van der Waals surface area contributed by atoms with Crippen LogP contribution in [0.1, 0.15) is 0 Å². The Hall–Kier alpha value is -4.26. The third-order valence-electron chi connectivity index (χ3n) is 9.13. The molecule has 9 aromatic carbocycles. The Kier molecular flexibility index (Phi) is 19.7. The van der Waals surface area contributed by atoms with Crippen molar-refractivity contribution in [1.29, 1.82) is 0 Å². The Morgan fingerprint density at radius 2 is 0.237 bits per heavy atom. The van der Waals surface area contributed by atoms with Crippen LogP contribution in [0.4, 0.5) is 0 Å². The van der Waals surface area contributed by atoms with Gasteiger partial charge in [0.1, 0.15) is 0 Å². The number of benzene rings is 9. The van der Waals surface area contributed by atoms with Gasteiger partial charge in [0, 0.05) is 0 Å². The number of hydrogen-bond donors (Lipinski definition) is 0. The zero-order valence-corrected chi connectivity index (χ0v) is 38.8. The van der Waals surface area contributed by atoms with Gasteiger partial charge in [0.25, 0.3) is 0 Å². The standard InChI is InChI=1S/3C18H15P.Ag.HI/c3*1-4-10-16(11-5-1)19(17-12-6-2-7-13-17)18-14-8-3-9-15-18;;/h3*1-15H;;1H/q;;;+1;/p-1. The van der Waals surface area contributed by atoms with E-state index in [1.165, 1.54) is 47.7 Å². The SMILES string of the molecule is [Ag+].[I-].c1ccc(P(c2ccccc2)c2ccccc2)cc1.c1ccc(P(c2ccccc2)c2ccccc2)cc1.c1ccc(P(c2ccccc2)c2ccccc2)cc1. The van der Waals surface area contributed by atoms with Crippen LogP contribution in [0.5, 0.6) is 0 Å². The minimum Gasteiger partial charge on any atom is -1.00 e. The maximum Gasteiger partial charge on any atom is 1.00 e. The van der Waals surface area contributed by atoms with Gasteiger partial charge in [0.15, 0.2) is 0 Å². The molecule has 0 aliphatic carbocycles. The topological polar surface area (TPSA) is 0 Å². The average molecular weight is 1020 g/mol. The number of halogens is 1. The van der Waals surface area contributed by atoms with E-state index in [1.54, 1.807) is 0 Å². The predicted molar refractivity (Wildman–Crippen MR) is 255 cm³/mol. The second-order valence-corrected chi connectivity index (χ2v) is 19.7. The van der Waals surface area contributed by atoms with E-state index in [0.717, 1.165) is 0 Å². The van der Waals surface area contributed by atoms with Crippen LogP contribution < -0.4 is 71.7 Å². The molecule has 294 valence electrons. The molecule has 0 aliphatic rings. The second-order valence-electron chi connectivity index (χ2n) is 13.0. The summed E-state index contributed by atoms with van der Waals surface area (Å²) in [7, 11) is -1.34. The van der Waals surface area contributed by atoms with E-state index in [1.807, 2.05) is 0 Å². The van der Waals surface area contributed by atoms with Crippen molar-refractivity contribution in [2.24, 2.45) is 0 Å². The van der Waals surface area contributed by atoms with Crippen LogP contribution in [0.3, 0.4) is 0 Å². The van der Waals surface area contributed by atoms with Gasteiger partial charge in [-0.3, -0.25) is 0 Å². The fourth-order valence-corrected chi connectivity index (χ4v) is 13.5. The van der Waals surface area contributed by atoms with Crippen molar-refractivity contribution < 1.29 is 46.4 Å². The smallest absolute Gasteiger partial charge is 1.00 e. The van der Waals surface area contributed by atoms with Crippen LogP contribution in [0.2, 0.25) is 0 Å². The molecule has 0 amide bonds. The first-order valence-corrected chi connectivity index (χ1v) is 23.2. The molecule has 9 rings (SSSR count). The molecule has 0 aromatic heterocycles. The van der Waals surface area contributed by atoms with E-state index in [9.17, 15) is 0 Å². The van der Waals surface area contributed by atoms with Crippen LogP contribution in [0.15, 0.2) is 273 Å². The van der Waals surface area contributed by atoms with Crippen LogP contribution in [-0.4, -0.2) is 0 Å². The molecular formula is C54H45AgIP3. The second kappa shape index (κ2) is 25.4. The number of rotatable bonds is 9. The van der Waals surface area contributed by atoms with Gasteiger partial charge >= 0.3 is 22.4 Å². The molecule has 0 saturated carbocycles. The molecule has 0 heterocycles. The van der Waals surface area contributed by atoms with Crippen LogP contribution in [0, 0.1) is 0 Å². The summed E-state index contributed by atoms with van der Waals surface area (Å²) in [6, 6.07) is 97.0. The van der Waals surface area contributed by atoms with E-state index < -0.39 is 23.8 Å². The van der Waals surface area contributed by atoms with Gasteiger partial charge in [-0.05, 0) is 71.5 Å². The van der Waals surface area contributed by atoms with Crippen LogP contribution in [0.25, 0.3) is 0 Å². The minimum absolute atomic E-state index is 0. The van der Waals surface area contributed by atoms with E-state index in [2.05, 4.69) is 273 Å². The van der Waals surface area contributed by atoms with E-state index in [0.29, 0.717) is 0 Å². The molecule has 0 radical (unpaired) electrons. The first-order chi connectivity index (χ1) is 28.3. The molecule has 0 saturated heterocycles. The molecule has 9 aromatic rings. The van der Waals surface area contributed by atoms with Crippen molar-refractivity contribution in [2.75, 3.05) is 0 Å². The van der Waals surface area contributed by atoms with Crippen molar-refractivity contribution in [1.82, 2.24) is 0 Å². The molecule has 5 heteroatoms. The average Bonchev–Trinajstić information content (AvgIpc) is 3.30. The minimum atomic E-state index is -0.446. The van der Waals surface area contributed by atoms with Gasteiger partial charge in [-0.25, -0.2) is 0 Å². The third kappa shape index (κ3) is 13.4. The Labute approximate surface area is 387 Å². The molecule has 0 unspecified atom stereocenters. The van der Waals surface area contributed by atoms with E-state index >= 15 is 0 Å². The van der Waals surface area contributed by atoms with Gasteiger partial charge in [-0.15, -0.1) is 0 Å². The molecule has 0 atom stereocenters. The monoisotopic (exact) mass is 1020 g/mol. The zero-order chi connectivity index (χ0) is 38.7. The maximum atomic E-state index is 2.23. The fraction of sp³-hybridized carbons (Fsp3) is 0. The summed E-state index contributed by atoms with van der Waals surface area (Å²) in [4.78, 5) is 0. The summed E-state index contributed by atoms with van der Waals surface area (Å²) in [6.07, 6.45) is 0. The van der Waals surface area contributed by atoms with Gasteiger partial charge in [-0.1, -0.05) is 273 Å². The van der Waals surface area contributed by atoms with Gasteiger partial charge in [0.05, 0.1) is 0 Å². The van der Waals surface area contributed by atoms with Crippen molar-refractivity contribution >= 4 is 71.5 Å². The largest absolute Gasteiger partial charge is 1.00 e. The molecule has 0 nitrogen and oxygen atoms in total. The molecule has 0 fully saturated rings. The van der Waals surface area contributed by atoms with Crippen LogP contribution >= 0.6 is 23.8 Å². The quantitative estimate of drug-likeness (QED) is 0.0808. The summed E-state index contributed by atoms with van der Waals surface area (Å²) in [6.45, 7) is 0. The van der Waals surface area contributed by atoms with Gasteiger partial charge < -0.3 is 24.0 Å². The van der Waals surface area contributed by atoms with Crippen molar-refractivity contribution in [3.8, 4) is 0 Å². The molecule has 0 aliphatic heterocycles. The molecule has 0 spiro atoms. The van der Waals surface area contributed by atoms with Gasteiger partial charge in [-0.2, -0.15) is 0 Å². The fourth-order valence-electron chi connectivity index (χ4n) is 6.54. The molecule has 59 heavy (non-hydrogen) atoms. The normalized spacial score (nSPS) is 10.2. The maximum absolute atomic E-state index is 2.23.